The fourth-order valence-corrected chi connectivity index (χ4v) is 2.92. The van der Waals surface area contributed by atoms with Crippen molar-refractivity contribution in [2.24, 2.45) is 0 Å². The monoisotopic (exact) mass is 350 g/mol. The Balaban J connectivity index is 2.23. The van der Waals surface area contributed by atoms with Crippen molar-refractivity contribution in [1.82, 2.24) is 15.1 Å². The Morgan fingerprint density at radius 2 is 1.92 bits per heavy atom. The molecule has 2 amide bonds. The van der Waals surface area contributed by atoms with E-state index < -0.39 is 11.9 Å². The Morgan fingerprint density at radius 3 is 2.48 bits per heavy atom. The molecule has 1 fully saturated rings. The molecule has 0 unspecified atom stereocenters. The van der Waals surface area contributed by atoms with Crippen molar-refractivity contribution in [3.8, 4) is 0 Å². The summed E-state index contributed by atoms with van der Waals surface area (Å²) >= 11 is 0. The van der Waals surface area contributed by atoms with Gasteiger partial charge in [0.1, 0.15) is 11.9 Å². The Kier molecular flexibility index (Phi) is 6.36. The molecule has 25 heavy (non-hydrogen) atoms. The Morgan fingerprint density at radius 1 is 1.28 bits per heavy atom. The molecule has 138 valence electrons. The van der Waals surface area contributed by atoms with Gasteiger partial charge in [0, 0.05) is 38.5 Å². The molecule has 0 aromatic heterocycles. The third-order valence-corrected chi connectivity index (χ3v) is 4.77. The van der Waals surface area contributed by atoms with E-state index in [0.29, 0.717) is 18.7 Å². The van der Waals surface area contributed by atoms with Crippen molar-refractivity contribution in [3.63, 3.8) is 0 Å². The van der Waals surface area contributed by atoms with Crippen LogP contribution in [-0.4, -0.2) is 60.9 Å². The summed E-state index contributed by atoms with van der Waals surface area (Å²) in [7, 11) is 2.01. The first-order valence-corrected chi connectivity index (χ1v) is 8.65. The minimum absolute atomic E-state index is 0.0653. The average Bonchev–Trinajstić information content (AvgIpc) is 2.61. The molecule has 0 radical (unpaired) electrons. The number of nitrogens with two attached hydrogens (primary N) is 1. The number of nitrogens with one attached hydrogen (secondary N) is 1. The van der Waals surface area contributed by atoms with E-state index in [9.17, 15) is 14.0 Å². The smallest absolute Gasteiger partial charge is 0.245 e. The Bertz CT molecular complexity index is 630. The standard InChI is InChI=1S/C18H27FN4O2/c1-4-16(24)21-17(18(25)23-9-7-22(3)8-10-23)12(2)13-5-6-15(20)14(19)11-13/h5-6,11-12,17H,4,7-10,20H2,1-3H3,(H,21,24)/t12-,17-/m0/s1. The summed E-state index contributed by atoms with van der Waals surface area (Å²) in [6.45, 7) is 6.39. The molecule has 1 aromatic carbocycles. The number of nitrogens with zero attached hydrogens (tertiary/aromatic N) is 2. The molecule has 0 saturated carbocycles. The van der Waals surface area contributed by atoms with Gasteiger partial charge in [0.25, 0.3) is 0 Å². The maximum absolute atomic E-state index is 13.8. The molecule has 2 atom stereocenters. The lowest BCUT2D eigenvalue weighted by Crippen LogP contribution is -2.55. The molecule has 1 heterocycles. The van der Waals surface area contributed by atoms with Gasteiger partial charge in [0.2, 0.25) is 11.8 Å². The zero-order valence-corrected chi connectivity index (χ0v) is 15.1. The highest BCUT2D eigenvalue weighted by molar-refractivity contribution is 5.88. The Labute approximate surface area is 148 Å². The predicted molar refractivity (Wildman–Crippen MR) is 95.5 cm³/mol. The van der Waals surface area contributed by atoms with Crippen molar-refractivity contribution < 1.29 is 14.0 Å². The van der Waals surface area contributed by atoms with Crippen LogP contribution in [0.3, 0.4) is 0 Å². The highest BCUT2D eigenvalue weighted by atomic mass is 19.1. The first kappa shape index (κ1) is 19.2. The van der Waals surface area contributed by atoms with Gasteiger partial charge >= 0.3 is 0 Å². The van der Waals surface area contributed by atoms with Gasteiger partial charge in [-0.3, -0.25) is 9.59 Å². The van der Waals surface area contributed by atoms with Gasteiger partial charge in [0.15, 0.2) is 0 Å². The lowest BCUT2D eigenvalue weighted by Gasteiger charge is -2.36. The lowest BCUT2D eigenvalue weighted by atomic mass is 9.91. The highest BCUT2D eigenvalue weighted by Gasteiger charge is 2.32. The molecule has 1 aliphatic heterocycles. The summed E-state index contributed by atoms with van der Waals surface area (Å²) in [5, 5.41) is 2.81. The van der Waals surface area contributed by atoms with Gasteiger partial charge in [-0.15, -0.1) is 0 Å². The van der Waals surface area contributed by atoms with Crippen molar-refractivity contribution in [2.75, 3.05) is 39.0 Å². The number of piperazine rings is 1. The maximum Gasteiger partial charge on any atom is 0.245 e. The number of halogens is 1. The largest absolute Gasteiger partial charge is 0.396 e. The number of anilines is 1. The van der Waals surface area contributed by atoms with Crippen LogP contribution in [0.1, 0.15) is 31.7 Å². The number of likely N-dealkylation sites (N-methyl/N-ethyl adjacent to an activating group) is 1. The average molecular weight is 350 g/mol. The highest BCUT2D eigenvalue weighted by Crippen LogP contribution is 2.24. The van der Waals surface area contributed by atoms with Crippen LogP contribution in [0, 0.1) is 5.82 Å². The van der Waals surface area contributed by atoms with E-state index in [1.165, 1.54) is 12.1 Å². The molecule has 1 aliphatic rings. The van der Waals surface area contributed by atoms with Crippen molar-refractivity contribution in [2.45, 2.75) is 32.2 Å². The van der Waals surface area contributed by atoms with E-state index in [4.69, 9.17) is 5.73 Å². The Hall–Kier alpha value is -2.15. The van der Waals surface area contributed by atoms with Crippen LogP contribution in [0.15, 0.2) is 18.2 Å². The molecule has 1 aromatic rings. The first-order valence-electron chi connectivity index (χ1n) is 8.65. The predicted octanol–water partition coefficient (Wildman–Crippen LogP) is 1.18. The summed E-state index contributed by atoms with van der Waals surface area (Å²) in [6.07, 6.45) is 0.287. The SMILES string of the molecule is CCC(=O)N[C@H](C(=O)N1CCN(C)CC1)[C@@H](C)c1ccc(N)c(F)c1. The number of carbonyl (C=O) groups is 2. The van der Waals surface area contributed by atoms with E-state index in [1.807, 2.05) is 14.0 Å². The molecule has 7 heteroatoms. The number of hydrogen-bond acceptors (Lipinski definition) is 4. The zero-order chi connectivity index (χ0) is 18.6. The number of rotatable bonds is 5. The molecule has 0 bridgehead atoms. The minimum Gasteiger partial charge on any atom is -0.396 e. The molecule has 1 saturated heterocycles. The van der Waals surface area contributed by atoms with Crippen molar-refractivity contribution in [1.29, 1.82) is 0 Å². The quantitative estimate of drug-likeness (QED) is 0.782. The summed E-state index contributed by atoms with van der Waals surface area (Å²) in [5.74, 6) is -1.20. The van der Waals surface area contributed by atoms with Gasteiger partial charge in [-0.2, -0.15) is 0 Å². The van der Waals surface area contributed by atoms with E-state index in [-0.39, 0.29) is 29.8 Å². The molecule has 6 nitrogen and oxygen atoms in total. The summed E-state index contributed by atoms with van der Waals surface area (Å²) in [4.78, 5) is 28.9. The van der Waals surface area contributed by atoms with Crippen molar-refractivity contribution >= 4 is 17.5 Å². The fraction of sp³-hybridized carbons (Fsp3) is 0.556. The summed E-state index contributed by atoms with van der Waals surface area (Å²) < 4.78 is 13.8. The molecule has 0 aliphatic carbocycles. The summed E-state index contributed by atoms with van der Waals surface area (Å²) in [6, 6.07) is 3.80. The third kappa shape index (κ3) is 4.69. The topological polar surface area (TPSA) is 78.7 Å². The van der Waals surface area contributed by atoms with Crippen LogP contribution in [-0.2, 0) is 9.59 Å². The van der Waals surface area contributed by atoms with E-state index in [1.54, 1.807) is 17.9 Å². The van der Waals surface area contributed by atoms with Crippen LogP contribution >= 0.6 is 0 Å². The van der Waals surface area contributed by atoms with E-state index >= 15 is 0 Å². The number of benzene rings is 1. The number of hydrogen-bond donors (Lipinski definition) is 2. The zero-order valence-electron chi connectivity index (χ0n) is 15.1. The summed E-state index contributed by atoms with van der Waals surface area (Å²) in [5.41, 5.74) is 6.23. The second-order valence-electron chi connectivity index (χ2n) is 6.60. The third-order valence-electron chi connectivity index (χ3n) is 4.77. The molecular weight excluding hydrogens is 323 g/mol. The van der Waals surface area contributed by atoms with Crippen LogP contribution in [0.5, 0.6) is 0 Å². The second kappa shape index (κ2) is 8.29. The van der Waals surface area contributed by atoms with Gasteiger partial charge < -0.3 is 20.9 Å². The van der Waals surface area contributed by atoms with Crippen LogP contribution in [0.25, 0.3) is 0 Å². The minimum atomic E-state index is -0.723. The van der Waals surface area contributed by atoms with Gasteiger partial charge in [-0.1, -0.05) is 19.9 Å². The number of amides is 2. The lowest BCUT2D eigenvalue weighted by molar-refractivity contribution is -0.138. The number of carbonyl (C=O) groups excluding carboxylic acids is 2. The van der Waals surface area contributed by atoms with Crippen LogP contribution in [0.4, 0.5) is 10.1 Å². The molecular formula is C18H27FN4O2. The molecule has 2 rings (SSSR count). The number of nitrogen functional groups attached to an aromatic ring is 1. The maximum atomic E-state index is 13.8. The fourth-order valence-electron chi connectivity index (χ4n) is 2.92. The van der Waals surface area contributed by atoms with Crippen molar-refractivity contribution in [3.05, 3.63) is 29.6 Å². The van der Waals surface area contributed by atoms with E-state index in [0.717, 1.165) is 13.1 Å². The first-order chi connectivity index (χ1) is 11.8. The van der Waals surface area contributed by atoms with Gasteiger partial charge in [0.05, 0.1) is 5.69 Å². The normalized spacial score (nSPS) is 17.8. The van der Waals surface area contributed by atoms with Crippen LogP contribution < -0.4 is 11.1 Å². The van der Waals surface area contributed by atoms with Gasteiger partial charge in [-0.25, -0.2) is 4.39 Å². The van der Waals surface area contributed by atoms with Crippen LogP contribution in [0.2, 0.25) is 0 Å². The van der Waals surface area contributed by atoms with E-state index in [2.05, 4.69) is 10.2 Å². The van der Waals surface area contributed by atoms with Gasteiger partial charge in [-0.05, 0) is 24.7 Å². The molecule has 3 N–H and O–H groups in total. The second-order valence-corrected chi connectivity index (χ2v) is 6.60. The molecule has 0 spiro atoms.